The van der Waals surface area contributed by atoms with Gasteiger partial charge in [-0.25, -0.2) is 22.9 Å². The van der Waals surface area contributed by atoms with Crippen LogP contribution in [0.2, 0.25) is 0 Å². The van der Waals surface area contributed by atoms with Gasteiger partial charge in [-0.3, -0.25) is 14.4 Å². The third-order valence-corrected chi connectivity index (χ3v) is 8.96. The lowest BCUT2D eigenvalue weighted by Crippen LogP contribution is -2.42. The van der Waals surface area contributed by atoms with Crippen LogP contribution in [0.4, 0.5) is 22.0 Å². The summed E-state index contributed by atoms with van der Waals surface area (Å²) in [5, 5.41) is 13.6. The highest BCUT2D eigenvalue weighted by Gasteiger charge is 2.32. The zero-order valence-electron chi connectivity index (χ0n) is 25.1. The van der Waals surface area contributed by atoms with Crippen molar-refractivity contribution in [2.24, 2.45) is 4.99 Å². The van der Waals surface area contributed by atoms with Gasteiger partial charge in [-0.05, 0) is 54.0 Å². The van der Waals surface area contributed by atoms with Crippen molar-refractivity contribution in [3.8, 4) is 5.69 Å². The average molecular weight is 615 g/mol. The third-order valence-electron chi connectivity index (χ3n) is 7.78. The van der Waals surface area contributed by atoms with Gasteiger partial charge in [0.2, 0.25) is 10.0 Å². The maximum atomic E-state index is 13.3. The van der Waals surface area contributed by atoms with Crippen LogP contribution in [-0.4, -0.2) is 67.4 Å². The number of fused-ring (bicyclic) bond motifs is 2. The van der Waals surface area contributed by atoms with Gasteiger partial charge in [-0.15, -0.1) is 0 Å². The number of anilines is 3. The molecule has 0 fully saturated rings. The summed E-state index contributed by atoms with van der Waals surface area (Å²) < 4.78 is 27.5. The van der Waals surface area contributed by atoms with E-state index in [1.807, 2.05) is 51.2 Å². The van der Waals surface area contributed by atoms with Crippen LogP contribution in [0.5, 0.6) is 0 Å². The first kappa shape index (κ1) is 29.2. The molecule has 3 aliphatic heterocycles. The van der Waals surface area contributed by atoms with Crippen molar-refractivity contribution < 1.29 is 18.0 Å². The van der Waals surface area contributed by atoms with Crippen molar-refractivity contribution in [3.63, 3.8) is 0 Å². The molecular weight excluding hydrogens is 580 g/mol. The van der Waals surface area contributed by atoms with E-state index < -0.39 is 16.1 Å². The summed E-state index contributed by atoms with van der Waals surface area (Å²) >= 11 is 0. The van der Waals surface area contributed by atoms with Crippen LogP contribution in [0.3, 0.4) is 0 Å². The molecule has 3 N–H and O–H groups in total. The first-order valence-corrected chi connectivity index (χ1v) is 16.0. The number of amides is 3. The predicted octanol–water partition coefficient (Wildman–Crippen LogP) is 3.83. The fourth-order valence-corrected chi connectivity index (χ4v) is 6.45. The van der Waals surface area contributed by atoms with E-state index in [1.165, 1.54) is 10.6 Å². The lowest BCUT2D eigenvalue weighted by atomic mass is 9.92. The number of carbonyl (C=O) groups excluding carboxylic acids is 2. The molecule has 3 amide bonds. The van der Waals surface area contributed by atoms with Crippen LogP contribution >= 0.6 is 0 Å². The second-order valence-electron chi connectivity index (χ2n) is 12.1. The number of carbonyl (C=O) groups is 2. The van der Waals surface area contributed by atoms with Crippen LogP contribution in [0, 0.1) is 0 Å². The second kappa shape index (κ2) is 10.7. The van der Waals surface area contributed by atoms with E-state index in [4.69, 9.17) is 5.10 Å². The van der Waals surface area contributed by atoms with Crippen molar-refractivity contribution in [2.75, 3.05) is 34.8 Å². The van der Waals surface area contributed by atoms with E-state index in [2.05, 4.69) is 20.9 Å². The van der Waals surface area contributed by atoms with E-state index in [0.717, 1.165) is 16.8 Å². The minimum atomic E-state index is -3.37. The number of aliphatic imine (C=N–C) groups is 1. The molecule has 0 aliphatic carbocycles. The van der Waals surface area contributed by atoms with Gasteiger partial charge in [0.05, 0.1) is 29.7 Å². The standard InChI is InChI=1S/C31H34N8O4S/c1-31(2,3)26-16-27(39(36-26)23-9-10-25-20(14-23)11-12-38(25)44(5,42)43)35-30(41)34-22-8-6-7-19(13-22)24-15-21-17-32-18-33-28(21)37(4)29(24)40/h6-10,13-18,28H,11-12H2,1-5H3,(H,32,33)(H2,34,35,41). The molecule has 0 radical (unpaired) electrons. The topological polar surface area (TPSA) is 141 Å². The molecule has 0 spiro atoms. The molecule has 44 heavy (non-hydrogen) atoms. The summed E-state index contributed by atoms with van der Waals surface area (Å²) in [5.74, 6) is 0.289. The Bertz CT molecular complexity index is 1880. The van der Waals surface area contributed by atoms with Crippen LogP contribution in [0.1, 0.15) is 37.6 Å². The van der Waals surface area contributed by atoms with Crippen LogP contribution in [0.15, 0.2) is 71.4 Å². The summed E-state index contributed by atoms with van der Waals surface area (Å²) in [5.41, 5.74) is 5.25. The Kier molecular flexibility index (Phi) is 7.07. The van der Waals surface area contributed by atoms with Crippen molar-refractivity contribution >= 4 is 51.1 Å². The zero-order chi connectivity index (χ0) is 31.4. The Labute approximate surface area is 256 Å². The summed E-state index contributed by atoms with van der Waals surface area (Å²) in [6.45, 7) is 6.50. The van der Waals surface area contributed by atoms with E-state index in [-0.39, 0.29) is 17.5 Å². The number of hydrogen-bond acceptors (Lipinski definition) is 7. The minimum Gasteiger partial charge on any atom is -0.353 e. The van der Waals surface area contributed by atoms with E-state index >= 15 is 0 Å². The normalized spacial score (nSPS) is 17.8. The molecule has 6 rings (SSSR count). The monoisotopic (exact) mass is 614 g/mol. The fourth-order valence-electron chi connectivity index (χ4n) is 5.49. The molecule has 4 heterocycles. The molecule has 0 saturated heterocycles. The SMILES string of the molecule is CN1C(=O)C(c2cccc(NC(=O)Nc3cc(C(C)(C)C)nn3-c3ccc4c(c3)CCN4S(C)(=O)=O)c2)=CC2=CNC=NC21. The first-order chi connectivity index (χ1) is 20.8. The summed E-state index contributed by atoms with van der Waals surface area (Å²) in [6, 6.07) is 13.9. The number of nitrogens with one attached hydrogen (secondary N) is 3. The van der Waals surface area contributed by atoms with Crippen molar-refractivity contribution in [1.29, 1.82) is 0 Å². The third kappa shape index (κ3) is 5.46. The highest BCUT2D eigenvalue weighted by molar-refractivity contribution is 7.92. The second-order valence-corrected chi connectivity index (χ2v) is 14.0. The van der Waals surface area contributed by atoms with Gasteiger partial charge in [0.1, 0.15) is 5.82 Å². The fraction of sp³-hybridized carbons (Fsp3) is 0.290. The molecule has 2 aromatic carbocycles. The number of urea groups is 1. The van der Waals surface area contributed by atoms with E-state index in [0.29, 0.717) is 47.0 Å². The minimum absolute atomic E-state index is 0.166. The average Bonchev–Trinajstić information content (AvgIpc) is 3.59. The molecule has 1 aromatic heterocycles. The van der Waals surface area contributed by atoms with E-state index in [1.54, 1.807) is 53.3 Å². The molecule has 1 atom stereocenters. The Hall–Kier alpha value is -4.91. The van der Waals surface area contributed by atoms with Gasteiger partial charge in [-0.2, -0.15) is 5.10 Å². The van der Waals surface area contributed by atoms with Gasteiger partial charge in [-0.1, -0.05) is 32.9 Å². The molecule has 1 unspecified atom stereocenters. The molecule has 0 saturated carbocycles. The van der Waals surface area contributed by atoms with Gasteiger partial charge in [0.25, 0.3) is 5.91 Å². The van der Waals surface area contributed by atoms with Gasteiger partial charge >= 0.3 is 6.03 Å². The molecule has 0 bridgehead atoms. The molecule has 12 nitrogen and oxygen atoms in total. The Morgan fingerprint density at radius 3 is 2.64 bits per heavy atom. The van der Waals surface area contributed by atoms with Gasteiger partial charge in [0, 0.05) is 48.1 Å². The molecule has 228 valence electrons. The highest BCUT2D eigenvalue weighted by atomic mass is 32.2. The first-order valence-electron chi connectivity index (χ1n) is 14.2. The van der Waals surface area contributed by atoms with Crippen LogP contribution < -0.4 is 20.3 Å². The largest absolute Gasteiger partial charge is 0.353 e. The van der Waals surface area contributed by atoms with Gasteiger partial charge < -0.3 is 15.5 Å². The summed E-state index contributed by atoms with van der Waals surface area (Å²) in [6.07, 6.45) is 6.61. The number of hydrogen-bond donors (Lipinski definition) is 3. The van der Waals surface area contributed by atoms with Crippen LogP contribution in [-0.2, 0) is 26.7 Å². The molecule has 3 aromatic rings. The van der Waals surface area contributed by atoms with Crippen molar-refractivity contribution in [1.82, 2.24) is 20.0 Å². The molecular formula is C31H34N8O4S. The number of rotatable bonds is 5. The van der Waals surface area contributed by atoms with Crippen molar-refractivity contribution in [2.45, 2.75) is 38.8 Å². The summed E-state index contributed by atoms with van der Waals surface area (Å²) in [7, 11) is -1.66. The number of nitrogens with zero attached hydrogens (tertiary/aromatic N) is 5. The number of sulfonamides is 1. The lowest BCUT2D eigenvalue weighted by molar-refractivity contribution is -0.125. The summed E-state index contributed by atoms with van der Waals surface area (Å²) in [4.78, 5) is 32.4. The maximum absolute atomic E-state index is 13.3. The Morgan fingerprint density at radius 1 is 1.09 bits per heavy atom. The number of aromatic nitrogens is 2. The molecule has 3 aliphatic rings. The highest BCUT2D eigenvalue weighted by Crippen LogP contribution is 2.34. The van der Waals surface area contributed by atoms with E-state index in [9.17, 15) is 18.0 Å². The van der Waals surface area contributed by atoms with Gasteiger partial charge in [0.15, 0.2) is 6.17 Å². The van der Waals surface area contributed by atoms with Crippen LogP contribution in [0.25, 0.3) is 11.3 Å². The smallest absolute Gasteiger partial charge is 0.324 e. The number of benzene rings is 2. The zero-order valence-corrected chi connectivity index (χ0v) is 25.9. The Morgan fingerprint density at radius 2 is 1.89 bits per heavy atom. The molecule has 13 heteroatoms. The van der Waals surface area contributed by atoms with Crippen molar-refractivity contribution in [3.05, 3.63) is 83.2 Å². The maximum Gasteiger partial charge on any atom is 0.324 e. The lowest BCUT2D eigenvalue weighted by Gasteiger charge is -2.32. The number of likely N-dealkylation sites (N-methyl/N-ethyl adjacent to an activating group) is 1. The Balaban J connectivity index is 1.26. The predicted molar refractivity (Wildman–Crippen MR) is 171 cm³/mol. The quantitative estimate of drug-likeness (QED) is 0.399.